The van der Waals surface area contributed by atoms with Crippen molar-refractivity contribution in [1.82, 2.24) is 14.7 Å². The number of carbonyl (C=O) groups excluding carboxylic acids is 2. The molecular weight excluding hydrogens is 270 g/mol. The van der Waals surface area contributed by atoms with Gasteiger partial charge < -0.3 is 14.5 Å². The highest BCUT2D eigenvalue weighted by Gasteiger charge is 2.27. The zero-order valence-corrected chi connectivity index (χ0v) is 13.2. The Morgan fingerprint density at radius 3 is 2.29 bits per heavy atom. The molecule has 21 heavy (non-hydrogen) atoms. The number of likely N-dealkylation sites (N-methyl/N-ethyl adjacent to an activating group) is 1. The van der Waals surface area contributed by atoms with Crippen LogP contribution in [0.2, 0.25) is 0 Å². The Hall–Kier alpha value is -1.14. The first-order chi connectivity index (χ1) is 10.1. The number of amides is 2. The topological polar surface area (TPSA) is 53.1 Å². The second-order valence-corrected chi connectivity index (χ2v) is 5.97. The van der Waals surface area contributed by atoms with Crippen molar-refractivity contribution >= 4 is 11.8 Å². The highest BCUT2D eigenvalue weighted by Crippen LogP contribution is 2.12. The highest BCUT2D eigenvalue weighted by atomic mass is 16.5. The van der Waals surface area contributed by atoms with Crippen LogP contribution in [0, 0.1) is 0 Å². The maximum absolute atomic E-state index is 12.4. The van der Waals surface area contributed by atoms with E-state index in [0.717, 1.165) is 25.9 Å². The van der Waals surface area contributed by atoms with E-state index in [9.17, 15) is 9.59 Å². The molecule has 0 N–H and O–H groups in total. The van der Waals surface area contributed by atoms with Crippen molar-refractivity contribution in [2.24, 2.45) is 0 Å². The fraction of sp³-hybridized carbons (Fsp3) is 0.867. The summed E-state index contributed by atoms with van der Waals surface area (Å²) in [6.07, 6.45) is 3.40. The third-order valence-electron chi connectivity index (χ3n) is 4.43. The normalized spacial score (nSPS) is 21.5. The molecule has 2 saturated heterocycles. The Morgan fingerprint density at radius 1 is 1.05 bits per heavy atom. The van der Waals surface area contributed by atoms with Gasteiger partial charge in [0.2, 0.25) is 11.8 Å². The van der Waals surface area contributed by atoms with Crippen LogP contribution in [0.5, 0.6) is 0 Å². The molecule has 2 aliphatic heterocycles. The molecular formula is C15H27N3O3. The molecule has 0 saturated carbocycles. The lowest BCUT2D eigenvalue weighted by Crippen LogP contribution is -2.51. The Labute approximate surface area is 127 Å². The second-order valence-electron chi connectivity index (χ2n) is 5.97. The van der Waals surface area contributed by atoms with Crippen LogP contribution in [-0.2, 0) is 14.3 Å². The van der Waals surface area contributed by atoms with Gasteiger partial charge in [-0.3, -0.25) is 14.5 Å². The average molecular weight is 297 g/mol. The molecule has 0 aromatic rings. The Morgan fingerprint density at radius 2 is 1.67 bits per heavy atom. The highest BCUT2D eigenvalue weighted by molar-refractivity contribution is 5.83. The molecule has 0 bridgehead atoms. The van der Waals surface area contributed by atoms with Crippen molar-refractivity contribution in [3.05, 3.63) is 0 Å². The van der Waals surface area contributed by atoms with Gasteiger partial charge in [-0.2, -0.15) is 0 Å². The van der Waals surface area contributed by atoms with E-state index < -0.39 is 0 Å². The summed E-state index contributed by atoms with van der Waals surface area (Å²) in [5, 5.41) is 0. The maximum Gasteiger partial charge on any atom is 0.239 e. The molecule has 2 aliphatic rings. The van der Waals surface area contributed by atoms with E-state index >= 15 is 0 Å². The van der Waals surface area contributed by atoms with Gasteiger partial charge >= 0.3 is 0 Å². The second kappa shape index (κ2) is 7.75. The zero-order valence-electron chi connectivity index (χ0n) is 13.2. The number of likely N-dealkylation sites (tertiary alicyclic amines) is 1. The summed E-state index contributed by atoms with van der Waals surface area (Å²) in [5.74, 6) is 0.228. The third kappa shape index (κ3) is 4.41. The lowest BCUT2D eigenvalue weighted by atomic mass is 10.1. The number of carbonyl (C=O) groups is 2. The summed E-state index contributed by atoms with van der Waals surface area (Å²) in [5.41, 5.74) is 0. The van der Waals surface area contributed by atoms with Crippen LogP contribution in [0.15, 0.2) is 0 Å². The van der Waals surface area contributed by atoms with E-state index in [2.05, 4.69) is 0 Å². The van der Waals surface area contributed by atoms with E-state index in [1.54, 1.807) is 0 Å². The Balaban J connectivity index is 1.81. The van der Waals surface area contributed by atoms with Gasteiger partial charge in [0.1, 0.15) is 0 Å². The first-order valence-electron chi connectivity index (χ1n) is 7.94. The van der Waals surface area contributed by atoms with Crippen molar-refractivity contribution in [3.63, 3.8) is 0 Å². The summed E-state index contributed by atoms with van der Waals surface area (Å²) >= 11 is 0. The van der Waals surface area contributed by atoms with Crippen molar-refractivity contribution in [1.29, 1.82) is 0 Å². The molecule has 1 atom stereocenters. The van der Waals surface area contributed by atoms with Crippen LogP contribution < -0.4 is 0 Å². The summed E-state index contributed by atoms with van der Waals surface area (Å²) in [6.45, 7) is 6.42. The summed E-state index contributed by atoms with van der Waals surface area (Å²) in [6, 6.07) is -0.243. The van der Waals surface area contributed by atoms with E-state index in [-0.39, 0.29) is 17.9 Å². The van der Waals surface area contributed by atoms with Crippen molar-refractivity contribution < 1.29 is 14.3 Å². The lowest BCUT2D eigenvalue weighted by molar-refractivity contribution is -0.140. The van der Waals surface area contributed by atoms with E-state index in [4.69, 9.17) is 4.74 Å². The summed E-state index contributed by atoms with van der Waals surface area (Å²) < 4.78 is 5.25. The lowest BCUT2D eigenvalue weighted by Gasteiger charge is -2.34. The third-order valence-corrected chi connectivity index (χ3v) is 4.43. The molecule has 2 rings (SSSR count). The minimum atomic E-state index is -0.243. The predicted molar refractivity (Wildman–Crippen MR) is 79.9 cm³/mol. The van der Waals surface area contributed by atoms with Gasteiger partial charge in [-0.05, 0) is 33.2 Å². The van der Waals surface area contributed by atoms with E-state index in [1.165, 1.54) is 6.42 Å². The van der Waals surface area contributed by atoms with Gasteiger partial charge in [-0.15, -0.1) is 0 Å². The molecule has 0 aliphatic carbocycles. The minimum Gasteiger partial charge on any atom is -0.378 e. The van der Waals surface area contributed by atoms with Crippen molar-refractivity contribution in [2.45, 2.75) is 32.2 Å². The van der Waals surface area contributed by atoms with Gasteiger partial charge in [0.15, 0.2) is 0 Å². The fourth-order valence-corrected chi connectivity index (χ4v) is 2.83. The maximum atomic E-state index is 12.4. The molecule has 120 valence electrons. The van der Waals surface area contributed by atoms with Gasteiger partial charge in [0, 0.05) is 26.2 Å². The predicted octanol–water partition coefficient (Wildman–Crippen LogP) is 0.178. The number of hydrogen-bond acceptors (Lipinski definition) is 4. The molecule has 0 aromatic carbocycles. The number of hydrogen-bond donors (Lipinski definition) is 0. The first kappa shape index (κ1) is 16.2. The number of rotatable bonds is 4. The first-order valence-corrected chi connectivity index (χ1v) is 7.94. The van der Waals surface area contributed by atoms with E-state index in [0.29, 0.717) is 32.8 Å². The molecule has 2 amide bonds. The largest absolute Gasteiger partial charge is 0.378 e. The van der Waals surface area contributed by atoms with Crippen LogP contribution in [-0.4, -0.2) is 85.5 Å². The molecule has 6 nitrogen and oxygen atoms in total. The van der Waals surface area contributed by atoms with Gasteiger partial charge in [0.25, 0.3) is 0 Å². The fourth-order valence-electron chi connectivity index (χ4n) is 2.83. The number of ether oxygens (including phenoxy) is 1. The van der Waals surface area contributed by atoms with Gasteiger partial charge in [-0.1, -0.05) is 0 Å². The van der Waals surface area contributed by atoms with Gasteiger partial charge in [-0.25, -0.2) is 0 Å². The Kier molecular flexibility index (Phi) is 5.99. The monoisotopic (exact) mass is 297 g/mol. The molecule has 2 fully saturated rings. The Bertz CT molecular complexity index is 363. The van der Waals surface area contributed by atoms with Crippen LogP contribution in [0.3, 0.4) is 0 Å². The van der Waals surface area contributed by atoms with Gasteiger partial charge in [0.05, 0.1) is 25.8 Å². The van der Waals surface area contributed by atoms with Crippen LogP contribution >= 0.6 is 0 Å². The quantitative estimate of drug-likeness (QED) is 0.743. The minimum absolute atomic E-state index is 0.0825. The molecule has 2 heterocycles. The standard InChI is InChI=1S/C15H27N3O3/c1-13(15(20)18-6-4-3-5-7-18)16(2)12-14(19)17-8-10-21-11-9-17/h13H,3-12H2,1-2H3. The zero-order chi connectivity index (χ0) is 15.2. The van der Waals surface area contributed by atoms with Crippen LogP contribution in [0.1, 0.15) is 26.2 Å². The average Bonchev–Trinajstić information content (AvgIpc) is 2.55. The number of nitrogens with zero attached hydrogens (tertiary/aromatic N) is 3. The number of piperidine rings is 1. The van der Waals surface area contributed by atoms with Crippen molar-refractivity contribution in [2.75, 3.05) is 53.0 Å². The molecule has 0 aromatic heterocycles. The van der Waals surface area contributed by atoms with E-state index in [1.807, 2.05) is 28.7 Å². The van der Waals surface area contributed by atoms with Crippen molar-refractivity contribution in [3.8, 4) is 0 Å². The molecule has 0 spiro atoms. The molecule has 0 radical (unpaired) electrons. The summed E-state index contributed by atoms with van der Waals surface area (Å²) in [7, 11) is 1.85. The summed E-state index contributed by atoms with van der Waals surface area (Å²) in [4.78, 5) is 30.3. The SMILES string of the molecule is CC(C(=O)N1CCCCC1)N(C)CC(=O)N1CCOCC1. The van der Waals surface area contributed by atoms with Crippen LogP contribution in [0.4, 0.5) is 0 Å². The smallest absolute Gasteiger partial charge is 0.239 e. The molecule has 1 unspecified atom stereocenters. The van der Waals surface area contributed by atoms with Crippen LogP contribution in [0.25, 0.3) is 0 Å². The number of morpholine rings is 1. The molecule has 6 heteroatoms.